The fourth-order valence-electron chi connectivity index (χ4n) is 2.19. The topological polar surface area (TPSA) is 58.2 Å². The van der Waals surface area contributed by atoms with E-state index in [0.29, 0.717) is 0 Å². The zero-order valence-electron chi connectivity index (χ0n) is 10.9. The number of amides is 2. The lowest BCUT2D eigenvalue weighted by Gasteiger charge is -2.25. The van der Waals surface area contributed by atoms with Gasteiger partial charge in [-0.3, -0.25) is 0 Å². The van der Waals surface area contributed by atoms with Crippen LogP contribution in [0.3, 0.4) is 0 Å². The van der Waals surface area contributed by atoms with E-state index in [0.717, 1.165) is 25.5 Å². The average molecular weight is 240 g/mol. The van der Waals surface area contributed by atoms with Crippen LogP contribution in [0.1, 0.15) is 52.4 Å². The van der Waals surface area contributed by atoms with E-state index in [2.05, 4.69) is 10.6 Å². The van der Waals surface area contributed by atoms with Crippen molar-refractivity contribution in [2.75, 3.05) is 0 Å². The third-order valence-corrected chi connectivity index (χ3v) is 3.64. The summed E-state index contributed by atoms with van der Waals surface area (Å²) in [5, 5.41) is 5.70. The van der Waals surface area contributed by atoms with Gasteiger partial charge in [0.15, 0.2) is 0 Å². The predicted octanol–water partition coefficient (Wildman–Crippen LogP) is 2.23. The van der Waals surface area contributed by atoms with E-state index in [-0.39, 0.29) is 24.0 Å². The Bertz CT molecular complexity index is 250. The number of nitrogens with one attached hydrogen (secondary N) is 2. The Labute approximate surface area is 104 Å². The number of hydrogen-bond acceptors (Lipinski definition) is 2. The van der Waals surface area contributed by atoms with Crippen LogP contribution in [0, 0.1) is 5.92 Å². The molecule has 0 aromatic rings. The highest BCUT2D eigenvalue weighted by molar-refractivity contribution is 5.78. The standard InChI is InChI=1S/C13H24N2O2/c1-3-10(2)12(9-16)15-13(17)14-11-7-5-4-6-8-11/h9-12H,3-8H2,1-2H3,(H2,14,15,17). The zero-order chi connectivity index (χ0) is 12.7. The fraction of sp³-hybridized carbons (Fsp3) is 0.846. The predicted molar refractivity (Wildman–Crippen MR) is 67.8 cm³/mol. The Morgan fingerprint density at radius 1 is 1.35 bits per heavy atom. The van der Waals surface area contributed by atoms with E-state index in [9.17, 15) is 9.59 Å². The zero-order valence-corrected chi connectivity index (χ0v) is 10.9. The molecule has 0 bridgehead atoms. The summed E-state index contributed by atoms with van der Waals surface area (Å²) in [6.45, 7) is 3.99. The molecule has 2 unspecified atom stereocenters. The van der Waals surface area contributed by atoms with Crippen molar-refractivity contribution in [2.45, 2.75) is 64.5 Å². The first-order chi connectivity index (χ1) is 8.17. The summed E-state index contributed by atoms with van der Waals surface area (Å²) >= 11 is 0. The largest absolute Gasteiger partial charge is 0.335 e. The quantitative estimate of drug-likeness (QED) is 0.724. The first-order valence-corrected chi connectivity index (χ1v) is 6.69. The molecule has 1 aliphatic rings. The Kier molecular flexibility index (Phi) is 6.01. The second kappa shape index (κ2) is 7.30. The molecule has 2 amide bonds. The minimum absolute atomic E-state index is 0.185. The van der Waals surface area contributed by atoms with Gasteiger partial charge >= 0.3 is 6.03 Å². The molecule has 4 heteroatoms. The van der Waals surface area contributed by atoms with Crippen molar-refractivity contribution in [2.24, 2.45) is 5.92 Å². The summed E-state index contributed by atoms with van der Waals surface area (Å²) in [7, 11) is 0. The Hall–Kier alpha value is -1.06. The van der Waals surface area contributed by atoms with Crippen LogP contribution in [-0.4, -0.2) is 24.4 Å². The minimum atomic E-state index is -0.372. The molecule has 0 heterocycles. The summed E-state index contributed by atoms with van der Waals surface area (Å²) in [5.74, 6) is 0.185. The van der Waals surface area contributed by atoms with Crippen LogP contribution >= 0.6 is 0 Å². The van der Waals surface area contributed by atoms with Gasteiger partial charge in [-0.05, 0) is 18.8 Å². The Balaban J connectivity index is 2.33. The lowest BCUT2D eigenvalue weighted by molar-refractivity contribution is -0.110. The van der Waals surface area contributed by atoms with Crippen molar-refractivity contribution in [3.05, 3.63) is 0 Å². The molecule has 1 rings (SSSR count). The monoisotopic (exact) mass is 240 g/mol. The first-order valence-electron chi connectivity index (χ1n) is 6.69. The van der Waals surface area contributed by atoms with E-state index in [4.69, 9.17) is 0 Å². The first kappa shape index (κ1) is 14.0. The van der Waals surface area contributed by atoms with Crippen molar-refractivity contribution >= 4 is 12.3 Å². The number of carbonyl (C=O) groups excluding carboxylic acids is 2. The molecule has 17 heavy (non-hydrogen) atoms. The molecule has 0 radical (unpaired) electrons. The van der Waals surface area contributed by atoms with Crippen LogP contribution in [-0.2, 0) is 4.79 Å². The highest BCUT2D eigenvalue weighted by atomic mass is 16.2. The van der Waals surface area contributed by atoms with E-state index in [1.165, 1.54) is 19.3 Å². The highest BCUT2D eigenvalue weighted by Gasteiger charge is 2.20. The summed E-state index contributed by atoms with van der Waals surface area (Å²) in [6, 6.07) is -0.286. The van der Waals surface area contributed by atoms with Crippen molar-refractivity contribution in [1.82, 2.24) is 10.6 Å². The molecule has 0 aromatic carbocycles. The molecular weight excluding hydrogens is 216 g/mol. The molecule has 1 saturated carbocycles. The van der Waals surface area contributed by atoms with Crippen LogP contribution in [0.25, 0.3) is 0 Å². The third kappa shape index (κ3) is 4.75. The fourth-order valence-corrected chi connectivity index (χ4v) is 2.19. The second-order valence-corrected chi connectivity index (χ2v) is 5.00. The van der Waals surface area contributed by atoms with Crippen LogP contribution in [0.2, 0.25) is 0 Å². The molecule has 4 nitrogen and oxygen atoms in total. The maximum absolute atomic E-state index is 11.7. The third-order valence-electron chi connectivity index (χ3n) is 3.64. The van der Waals surface area contributed by atoms with Gasteiger partial charge in [0, 0.05) is 6.04 Å². The van der Waals surface area contributed by atoms with Gasteiger partial charge in [-0.2, -0.15) is 0 Å². The van der Waals surface area contributed by atoms with Gasteiger partial charge in [-0.1, -0.05) is 39.5 Å². The molecule has 2 N–H and O–H groups in total. The van der Waals surface area contributed by atoms with Gasteiger partial charge in [0.05, 0.1) is 6.04 Å². The second-order valence-electron chi connectivity index (χ2n) is 5.00. The number of urea groups is 1. The number of aldehydes is 1. The normalized spacial score (nSPS) is 20.4. The molecule has 0 spiro atoms. The number of hydrogen-bond donors (Lipinski definition) is 2. The molecule has 2 atom stereocenters. The van der Waals surface area contributed by atoms with Crippen molar-refractivity contribution < 1.29 is 9.59 Å². The molecule has 1 fully saturated rings. The maximum atomic E-state index is 11.7. The van der Waals surface area contributed by atoms with Gasteiger partial charge in [0.2, 0.25) is 0 Å². The lowest BCUT2D eigenvalue weighted by atomic mass is 9.95. The van der Waals surface area contributed by atoms with Crippen LogP contribution < -0.4 is 10.6 Å². The van der Waals surface area contributed by atoms with E-state index >= 15 is 0 Å². The van der Waals surface area contributed by atoms with Crippen molar-refractivity contribution in [3.63, 3.8) is 0 Å². The van der Waals surface area contributed by atoms with Crippen LogP contribution in [0.5, 0.6) is 0 Å². The van der Waals surface area contributed by atoms with Gasteiger partial charge in [0.25, 0.3) is 0 Å². The average Bonchev–Trinajstić information content (AvgIpc) is 2.36. The summed E-state index contributed by atoms with van der Waals surface area (Å²) in [5.41, 5.74) is 0. The van der Waals surface area contributed by atoms with Crippen LogP contribution in [0.15, 0.2) is 0 Å². The molecule has 0 saturated heterocycles. The van der Waals surface area contributed by atoms with E-state index in [1.807, 2.05) is 13.8 Å². The smallest absolute Gasteiger partial charge is 0.315 e. The molecular formula is C13H24N2O2. The van der Waals surface area contributed by atoms with Crippen molar-refractivity contribution in [3.8, 4) is 0 Å². The summed E-state index contributed by atoms with van der Waals surface area (Å²) < 4.78 is 0. The maximum Gasteiger partial charge on any atom is 0.315 e. The SMILES string of the molecule is CCC(C)C(C=O)NC(=O)NC1CCCCC1. The van der Waals surface area contributed by atoms with Crippen molar-refractivity contribution in [1.29, 1.82) is 0 Å². The number of rotatable bonds is 5. The lowest BCUT2D eigenvalue weighted by Crippen LogP contribution is -2.49. The van der Waals surface area contributed by atoms with Gasteiger partial charge in [-0.15, -0.1) is 0 Å². The summed E-state index contributed by atoms with van der Waals surface area (Å²) in [6.07, 6.45) is 7.47. The van der Waals surface area contributed by atoms with E-state index in [1.54, 1.807) is 0 Å². The Morgan fingerprint density at radius 2 is 2.00 bits per heavy atom. The van der Waals surface area contributed by atoms with Gasteiger partial charge in [-0.25, -0.2) is 4.79 Å². The number of carbonyl (C=O) groups is 2. The van der Waals surface area contributed by atoms with Gasteiger partial charge < -0.3 is 15.4 Å². The summed E-state index contributed by atoms with van der Waals surface area (Å²) in [4.78, 5) is 22.6. The minimum Gasteiger partial charge on any atom is -0.335 e. The molecule has 1 aliphatic carbocycles. The van der Waals surface area contributed by atoms with E-state index < -0.39 is 0 Å². The van der Waals surface area contributed by atoms with Crippen LogP contribution in [0.4, 0.5) is 4.79 Å². The molecule has 98 valence electrons. The molecule has 0 aliphatic heterocycles. The molecule has 0 aromatic heterocycles. The highest BCUT2D eigenvalue weighted by Crippen LogP contribution is 2.17. The Morgan fingerprint density at radius 3 is 2.53 bits per heavy atom. The van der Waals surface area contributed by atoms with Gasteiger partial charge in [0.1, 0.15) is 6.29 Å².